The Labute approximate surface area is 94.0 Å². The monoisotopic (exact) mass is 214 g/mol. The molecule has 0 amide bonds. The molecule has 1 rings (SSSR count). The second-order valence-corrected chi connectivity index (χ2v) is 4.57. The predicted molar refractivity (Wildman–Crippen MR) is 63.9 cm³/mol. The topological polar surface area (TPSA) is 38.5 Å². The van der Waals surface area contributed by atoms with Gasteiger partial charge in [0, 0.05) is 25.7 Å². The smallest absolute Gasteiger partial charge is 0.0593 e. The van der Waals surface area contributed by atoms with E-state index >= 15 is 0 Å². The number of rotatable bonds is 6. The second kappa shape index (κ2) is 7.20. The molecule has 0 aromatic heterocycles. The van der Waals surface area contributed by atoms with Crippen LogP contribution in [0.3, 0.4) is 0 Å². The summed E-state index contributed by atoms with van der Waals surface area (Å²) in [5, 5.41) is 0. The number of nitrogens with zero attached hydrogens (tertiary/aromatic N) is 1. The first-order chi connectivity index (χ1) is 7.29. The molecule has 0 spiro atoms. The highest BCUT2D eigenvalue weighted by Gasteiger charge is 2.26. The minimum Gasteiger partial charge on any atom is -0.380 e. The molecular weight excluding hydrogens is 188 g/mol. The van der Waals surface area contributed by atoms with Gasteiger partial charge in [-0.05, 0) is 31.7 Å². The Hall–Kier alpha value is -0.120. The zero-order valence-corrected chi connectivity index (χ0v) is 10.2. The first kappa shape index (κ1) is 12.9. The molecule has 1 heterocycles. The highest BCUT2D eigenvalue weighted by molar-refractivity contribution is 4.82. The summed E-state index contributed by atoms with van der Waals surface area (Å²) >= 11 is 0. The van der Waals surface area contributed by atoms with Crippen LogP contribution in [0.1, 0.15) is 33.1 Å². The van der Waals surface area contributed by atoms with E-state index in [1.165, 1.54) is 19.4 Å². The van der Waals surface area contributed by atoms with Gasteiger partial charge in [-0.2, -0.15) is 0 Å². The highest BCUT2D eigenvalue weighted by Crippen LogP contribution is 2.21. The zero-order chi connectivity index (χ0) is 11.1. The summed E-state index contributed by atoms with van der Waals surface area (Å²) in [5.74, 6) is 0.745. The Morgan fingerprint density at radius 2 is 2.20 bits per heavy atom. The maximum absolute atomic E-state index is 5.83. The fourth-order valence-electron chi connectivity index (χ4n) is 2.42. The second-order valence-electron chi connectivity index (χ2n) is 4.57. The van der Waals surface area contributed by atoms with Gasteiger partial charge in [0.2, 0.25) is 0 Å². The van der Waals surface area contributed by atoms with E-state index in [9.17, 15) is 0 Å². The summed E-state index contributed by atoms with van der Waals surface area (Å²) in [6.07, 6.45) is 3.75. The van der Waals surface area contributed by atoms with Gasteiger partial charge >= 0.3 is 0 Å². The van der Waals surface area contributed by atoms with Gasteiger partial charge in [0.25, 0.3) is 0 Å². The molecule has 15 heavy (non-hydrogen) atoms. The molecule has 1 aliphatic rings. The molecule has 2 N–H and O–H groups in total. The molecular formula is C12H26N2O. The van der Waals surface area contributed by atoms with Crippen molar-refractivity contribution >= 4 is 0 Å². The lowest BCUT2D eigenvalue weighted by Gasteiger charge is -2.39. The predicted octanol–water partition coefficient (Wildman–Crippen LogP) is 1.47. The first-order valence-corrected chi connectivity index (χ1v) is 6.31. The summed E-state index contributed by atoms with van der Waals surface area (Å²) in [5.41, 5.74) is 5.83. The van der Waals surface area contributed by atoms with Gasteiger partial charge in [-0.1, -0.05) is 13.8 Å². The Balaban J connectivity index is 2.25. The number of piperidine rings is 1. The molecule has 0 bridgehead atoms. The van der Waals surface area contributed by atoms with Gasteiger partial charge in [0.05, 0.1) is 6.61 Å². The van der Waals surface area contributed by atoms with Gasteiger partial charge in [-0.15, -0.1) is 0 Å². The number of nitrogens with two attached hydrogens (primary N) is 1. The minimum atomic E-state index is 0.573. The van der Waals surface area contributed by atoms with Gasteiger partial charge in [0.1, 0.15) is 0 Å². The van der Waals surface area contributed by atoms with E-state index in [-0.39, 0.29) is 0 Å². The Kier molecular flexibility index (Phi) is 6.22. The molecule has 0 saturated carbocycles. The van der Waals surface area contributed by atoms with Crippen LogP contribution in [0, 0.1) is 5.92 Å². The molecule has 1 aliphatic heterocycles. The molecule has 3 nitrogen and oxygen atoms in total. The third-order valence-corrected chi connectivity index (χ3v) is 3.34. The van der Waals surface area contributed by atoms with Gasteiger partial charge in [-0.3, -0.25) is 4.90 Å². The van der Waals surface area contributed by atoms with Crippen molar-refractivity contribution in [3.63, 3.8) is 0 Å². The third kappa shape index (κ3) is 4.09. The Morgan fingerprint density at radius 1 is 1.40 bits per heavy atom. The van der Waals surface area contributed by atoms with E-state index in [1.807, 2.05) is 0 Å². The number of likely N-dealkylation sites (tertiary alicyclic amines) is 1. The van der Waals surface area contributed by atoms with Crippen LogP contribution in [0.15, 0.2) is 0 Å². The Bertz CT molecular complexity index is 164. The van der Waals surface area contributed by atoms with Crippen LogP contribution < -0.4 is 5.73 Å². The minimum absolute atomic E-state index is 0.573. The van der Waals surface area contributed by atoms with Crippen LogP contribution in [0.4, 0.5) is 0 Å². The fraction of sp³-hybridized carbons (Fsp3) is 1.00. The molecule has 1 fully saturated rings. The van der Waals surface area contributed by atoms with Crippen LogP contribution in [0.25, 0.3) is 0 Å². The van der Waals surface area contributed by atoms with Gasteiger partial charge < -0.3 is 10.5 Å². The molecule has 2 atom stereocenters. The van der Waals surface area contributed by atoms with Crippen molar-refractivity contribution in [2.75, 3.05) is 32.8 Å². The van der Waals surface area contributed by atoms with Crippen LogP contribution >= 0.6 is 0 Å². The van der Waals surface area contributed by atoms with E-state index in [1.54, 1.807) is 0 Å². The summed E-state index contributed by atoms with van der Waals surface area (Å²) in [4.78, 5) is 2.50. The average molecular weight is 214 g/mol. The van der Waals surface area contributed by atoms with Gasteiger partial charge in [-0.25, -0.2) is 0 Å². The van der Waals surface area contributed by atoms with E-state index in [4.69, 9.17) is 10.5 Å². The molecule has 0 radical (unpaired) electrons. The SMILES string of the molecule is CCCOCCN1CCCC(C)C1CN. The Morgan fingerprint density at radius 3 is 2.87 bits per heavy atom. The van der Waals surface area contributed by atoms with Crippen LogP contribution in [0.2, 0.25) is 0 Å². The van der Waals surface area contributed by atoms with Crippen molar-refractivity contribution in [2.45, 2.75) is 39.2 Å². The van der Waals surface area contributed by atoms with Crippen molar-refractivity contribution in [3.05, 3.63) is 0 Å². The number of hydrogen-bond donors (Lipinski definition) is 1. The molecule has 0 aromatic carbocycles. The zero-order valence-electron chi connectivity index (χ0n) is 10.2. The highest BCUT2D eigenvalue weighted by atomic mass is 16.5. The van der Waals surface area contributed by atoms with Crippen molar-refractivity contribution in [1.82, 2.24) is 4.90 Å². The maximum atomic E-state index is 5.83. The summed E-state index contributed by atoms with van der Waals surface area (Å²) < 4.78 is 5.53. The standard InChI is InChI=1S/C12H26N2O/c1-3-8-15-9-7-14-6-4-5-11(2)12(14)10-13/h11-12H,3-10,13H2,1-2H3. The maximum Gasteiger partial charge on any atom is 0.0593 e. The first-order valence-electron chi connectivity index (χ1n) is 6.31. The molecule has 1 saturated heterocycles. The fourth-order valence-corrected chi connectivity index (χ4v) is 2.42. The van der Waals surface area contributed by atoms with Crippen LogP contribution in [-0.4, -0.2) is 43.8 Å². The lowest BCUT2D eigenvalue weighted by atomic mass is 9.91. The quantitative estimate of drug-likeness (QED) is 0.681. The number of ether oxygens (including phenoxy) is 1. The van der Waals surface area contributed by atoms with E-state index in [0.29, 0.717) is 6.04 Å². The molecule has 3 heteroatoms. The lowest BCUT2D eigenvalue weighted by Crippen LogP contribution is -2.49. The summed E-state index contributed by atoms with van der Waals surface area (Å²) in [7, 11) is 0. The summed E-state index contributed by atoms with van der Waals surface area (Å²) in [6, 6.07) is 0.573. The van der Waals surface area contributed by atoms with Crippen molar-refractivity contribution in [3.8, 4) is 0 Å². The van der Waals surface area contributed by atoms with Crippen molar-refractivity contribution < 1.29 is 4.74 Å². The van der Waals surface area contributed by atoms with Crippen molar-refractivity contribution in [2.24, 2.45) is 11.7 Å². The third-order valence-electron chi connectivity index (χ3n) is 3.34. The molecule has 0 aromatic rings. The number of hydrogen-bond acceptors (Lipinski definition) is 3. The van der Waals surface area contributed by atoms with Crippen LogP contribution in [-0.2, 0) is 4.74 Å². The van der Waals surface area contributed by atoms with Crippen LogP contribution in [0.5, 0.6) is 0 Å². The normalized spacial score (nSPS) is 28.2. The molecule has 0 aliphatic carbocycles. The van der Waals surface area contributed by atoms with E-state index < -0.39 is 0 Å². The van der Waals surface area contributed by atoms with E-state index in [2.05, 4.69) is 18.7 Å². The molecule has 2 unspecified atom stereocenters. The average Bonchev–Trinajstić information content (AvgIpc) is 2.24. The largest absolute Gasteiger partial charge is 0.380 e. The van der Waals surface area contributed by atoms with E-state index in [0.717, 1.165) is 38.6 Å². The van der Waals surface area contributed by atoms with Crippen molar-refractivity contribution in [1.29, 1.82) is 0 Å². The summed E-state index contributed by atoms with van der Waals surface area (Å²) in [6.45, 7) is 9.23. The molecule has 90 valence electrons. The van der Waals surface area contributed by atoms with Gasteiger partial charge in [0.15, 0.2) is 0 Å². The lowest BCUT2D eigenvalue weighted by molar-refractivity contribution is 0.0548.